The first-order chi connectivity index (χ1) is 14.4. The van der Waals surface area contributed by atoms with Crippen molar-refractivity contribution in [3.8, 4) is 11.5 Å². The summed E-state index contributed by atoms with van der Waals surface area (Å²) in [6, 6.07) is 4.38. The molecule has 10 heteroatoms. The zero-order chi connectivity index (χ0) is 21.6. The summed E-state index contributed by atoms with van der Waals surface area (Å²) in [5.74, 6) is 0.740. The van der Waals surface area contributed by atoms with E-state index < -0.39 is 10.0 Å². The molecule has 0 bridgehead atoms. The molecule has 0 aliphatic carbocycles. The number of carbonyl (C=O) groups is 1. The lowest BCUT2D eigenvalue weighted by atomic mass is 10.2. The van der Waals surface area contributed by atoms with Gasteiger partial charge < -0.3 is 19.1 Å². The maximum Gasteiger partial charge on any atom is 0.240 e. The van der Waals surface area contributed by atoms with Gasteiger partial charge in [-0.05, 0) is 25.0 Å². The van der Waals surface area contributed by atoms with Gasteiger partial charge in [-0.1, -0.05) is 0 Å². The minimum absolute atomic E-state index is 0.0400. The number of hydrogen-bond acceptors (Lipinski definition) is 7. The van der Waals surface area contributed by atoms with Crippen LogP contribution in [-0.4, -0.2) is 90.3 Å². The van der Waals surface area contributed by atoms with Crippen LogP contribution >= 0.6 is 0 Å². The van der Waals surface area contributed by atoms with Gasteiger partial charge in [-0.25, -0.2) is 13.1 Å². The normalized spacial score (nSPS) is 20.3. The van der Waals surface area contributed by atoms with E-state index in [9.17, 15) is 13.2 Å². The number of nitrogens with zero attached hydrogens (tertiary/aromatic N) is 2. The number of carbonyl (C=O) groups excluding carboxylic acids is 1. The highest BCUT2D eigenvalue weighted by Gasteiger charge is 2.25. The molecule has 2 aliphatic rings. The van der Waals surface area contributed by atoms with E-state index in [1.807, 2.05) is 0 Å². The third kappa shape index (κ3) is 5.84. The smallest absolute Gasteiger partial charge is 0.240 e. The lowest BCUT2D eigenvalue weighted by Crippen LogP contribution is -2.50. The molecule has 2 saturated heterocycles. The van der Waals surface area contributed by atoms with E-state index in [1.165, 1.54) is 32.4 Å². The highest BCUT2D eigenvalue weighted by Crippen LogP contribution is 2.29. The fraction of sp³-hybridized carbons (Fsp3) is 0.650. The molecule has 0 aromatic heterocycles. The Balaban J connectivity index is 1.43. The van der Waals surface area contributed by atoms with Gasteiger partial charge in [0.25, 0.3) is 0 Å². The molecule has 3 rings (SSSR count). The monoisotopic (exact) mass is 441 g/mol. The maximum atomic E-state index is 12.5. The van der Waals surface area contributed by atoms with Crippen LogP contribution in [0.2, 0.25) is 0 Å². The van der Waals surface area contributed by atoms with E-state index in [1.54, 1.807) is 4.90 Å². The van der Waals surface area contributed by atoms with Gasteiger partial charge in [-0.2, -0.15) is 0 Å². The lowest BCUT2D eigenvalue weighted by Gasteiger charge is -2.35. The Hall–Kier alpha value is -1.88. The van der Waals surface area contributed by atoms with Crippen LogP contribution < -0.4 is 14.2 Å². The number of nitrogens with one attached hydrogen (secondary N) is 1. The van der Waals surface area contributed by atoms with Crippen LogP contribution in [0.3, 0.4) is 0 Å². The van der Waals surface area contributed by atoms with Crippen LogP contribution in [0.15, 0.2) is 23.1 Å². The first-order valence-corrected chi connectivity index (χ1v) is 11.7. The summed E-state index contributed by atoms with van der Waals surface area (Å²) in [6.45, 7) is 4.79. The first kappa shape index (κ1) is 22.8. The third-order valence-electron chi connectivity index (χ3n) is 5.51. The minimum Gasteiger partial charge on any atom is -0.493 e. The summed E-state index contributed by atoms with van der Waals surface area (Å²) in [4.78, 5) is 16.7. The standard InChI is InChI=1S/C20H31N3O6S/c1-27-18-6-5-17(14-19(18)28-2)30(25,26)21-8-7-20(24)23-11-9-22(10-12-23)15-16-4-3-13-29-16/h5-6,14,16,21H,3-4,7-13,15H2,1-2H3. The van der Waals surface area contributed by atoms with E-state index >= 15 is 0 Å². The predicted octanol–water partition coefficient (Wildman–Crippen LogP) is 0.695. The SMILES string of the molecule is COc1ccc(S(=O)(=O)NCCC(=O)N2CCN(CC3CCCO3)CC2)cc1OC. The van der Waals surface area contributed by atoms with Gasteiger partial charge in [-0.15, -0.1) is 0 Å². The Morgan fingerprint density at radius 2 is 1.90 bits per heavy atom. The first-order valence-electron chi connectivity index (χ1n) is 10.3. The average Bonchev–Trinajstić information content (AvgIpc) is 3.26. The largest absolute Gasteiger partial charge is 0.493 e. The second-order valence-corrected chi connectivity index (χ2v) is 9.25. The second-order valence-electron chi connectivity index (χ2n) is 7.48. The summed E-state index contributed by atoms with van der Waals surface area (Å²) >= 11 is 0. The van der Waals surface area contributed by atoms with Crippen LogP contribution in [0.25, 0.3) is 0 Å². The Labute approximate surface area is 178 Å². The van der Waals surface area contributed by atoms with Crippen LogP contribution in [-0.2, 0) is 19.6 Å². The minimum atomic E-state index is -3.74. The van der Waals surface area contributed by atoms with Crippen molar-refractivity contribution in [1.82, 2.24) is 14.5 Å². The van der Waals surface area contributed by atoms with Gasteiger partial charge in [-0.3, -0.25) is 9.69 Å². The summed E-state index contributed by atoms with van der Waals surface area (Å²) in [5, 5.41) is 0. The molecule has 168 valence electrons. The van der Waals surface area contributed by atoms with Crippen molar-refractivity contribution in [2.45, 2.75) is 30.3 Å². The highest BCUT2D eigenvalue weighted by atomic mass is 32.2. The van der Waals surface area contributed by atoms with Gasteiger partial charge >= 0.3 is 0 Å². The van der Waals surface area contributed by atoms with Gasteiger partial charge in [0.05, 0.1) is 25.2 Å². The highest BCUT2D eigenvalue weighted by molar-refractivity contribution is 7.89. The Kier molecular flexibility index (Phi) is 7.93. The molecule has 1 amide bonds. The summed E-state index contributed by atoms with van der Waals surface area (Å²) in [6.07, 6.45) is 2.68. The van der Waals surface area contributed by atoms with Crippen molar-refractivity contribution in [2.24, 2.45) is 0 Å². The van der Waals surface area contributed by atoms with Crippen molar-refractivity contribution in [2.75, 3.05) is 60.1 Å². The molecule has 0 spiro atoms. The number of methoxy groups -OCH3 is 2. The number of hydrogen-bond donors (Lipinski definition) is 1. The molecule has 9 nitrogen and oxygen atoms in total. The Bertz CT molecular complexity index is 818. The Morgan fingerprint density at radius 1 is 1.17 bits per heavy atom. The molecule has 1 N–H and O–H groups in total. The fourth-order valence-electron chi connectivity index (χ4n) is 3.77. The van der Waals surface area contributed by atoms with E-state index in [0.29, 0.717) is 30.7 Å². The van der Waals surface area contributed by atoms with Gasteiger partial charge in [0.15, 0.2) is 11.5 Å². The topological polar surface area (TPSA) is 97.4 Å². The van der Waals surface area contributed by atoms with Crippen molar-refractivity contribution >= 4 is 15.9 Å². The number of rotatable bonds is 9. The summed E-state index contributed by atoms with van der Waals surface area (Å²) < 4.78 is 43.5. The van der Waals surface area contributed by atoms with Crippen LogP contribution in [0.5, 0.6) is 11.5 Å². The van der Waals surface area contributed by atoms with E-state index in [2.05, 4.69) is 9.62 Å². The molecule has 2 fully saturated rings. The summed E-state index contributed by atoms with van der Waals surface area (Å²) in [7, 11) is -0.815. The van der Waals surface area contributed by atoms with E-state index in [-0.39, 0.29) is 23.8 Å². The van der Waals surface area contributed by atoms with Crippen LogP contribution in [0.1, 0.15) is 19.3 Å². The number of ether oxygens (including phenoxy) is 3. The zero-order valence-electron chi connectivity index (χ0n) is 17.6. The molecule has 0 saturated carbocycles. The van der Waals surface area contributed by atoms with Crippen molar-refractivity contribution < 1.29 is 27.4 Å². The maximum absolute atomic E-state index is 12.5. The Morgan fingerprint density at radius 3 is 2.53 bits per heavy atom. The van der Waals surface area contributed by atoms with Gasteiger partial charge in [0.2, 0.25) is 15.9 Å². The average molecular weight is 442 g/mol. The van der Waals surface area contributed by atoms with Gasteiger partial charge in [0.1, 0.15) is 0 Å². The number of sulfonamides is 1. The van der Waals surface area contributed by atoms with Crippen molar-refractivity contribution in [3.05, 3.63) is 18.2 Å². The molecule has 2 aliphatic heterocycles. The van der Waals surface area contributed by atoms with Crippen LogP contribution in [0, 0.1) is 0 Å². The number of piperazine rings is 1. The number of benzene rings is 1. The fourth-order valence-corrected chi connectivity index (χ4v) is 4.82. The molecule has 1 unspecified atom stereocenters. The molecule has 2 heterocycles. The number of amides is 1. The molecular weight excluding hydrogens is 410 g/mol. The molecular formula is C20H31N3O6S. The van der Waals surface area contributed by atoms with E-state index in [4.69, 9.17) is 14.2 Å². The lowest BCUT2D eigenvalue weighted by molar-refractivity contribution is -0.132. The molecule has 1 atom stereocenters. The zero-order valence-corrected chi connectivity index (χ0v) is 18.4. The van der Waals surface area contributed by atoms with Crippen molar-refractivity contribution in [1.29, 1.82) is 0 Å². The van der Waals surface area contributed by atoms with Crippen LogP contribution in [0.4, 0.5) is 0 Å². The molecule has 1 aromatic rings. The second kappa shape index (κ2) is 10.4. The third-order valence-corrected chi connectivity index (χ3v) is 6.97. The summed E-state index contributed by atoms with van der Waals surface area (Å²) in [5.41, 5.74) is 0. The quantitative estimate of drug-likeness (QED) is 0.602. The molecule has 30 heavy (non-hydrogen) atoms. The van der Waals surface area contributed by atoms with Gasteiger partial charge in [0, 0.05) is 58.4 Å². The molecule has 1 aromatic carbocycles. The molecule has 0 radical (unpaired) electrons. The van der Waals surface area contributed by atoms with Crippen molar-refractivity contribution in [3.63, 3.8) is 0 Å². The predicted molar refractivity (Wildman–Crippen MR) is 111 cm³/mol. The van der Waals surface area contributed by atoms with E-state index in [0.717, 1.165) is 39.1 Å².